The third-order valence-electron chi connectivity index (χ3n) is 7.76. The van der Waals surface area contributed by atoms with Gasteiger partial charge in [-0.2, -0.15) is 0 Å². The fourth-order valence-corrected chi connectivity index (χ4v) is 5.90. The summed E-state index contributed by atoms with van der Waals surface area (Å²) in [6, 6.07) is 6.67. The van der Waals surface area contributed by atoms with Crippen LogP contribution in [0.2, 0.25) is 10.0 Å². The number of aliphatic hydroxyl groups excluding tert-OH is 1. The van der Waals surface area contributed by atoms with E-state index in [1.165, 1.54) is 24.3 Å². The summed E-state index contributed by atoms with van der Waals surface area (Å²) < 4.78 is 35.3. The molecule has 0 bridgehead atoms. The summed E-state index contributed by atoms with van der Waals surface area (Å²) in [6.45, 7) is 1.62. The SMILES string of the molecule is O=C(NC1CCN(CC(O)COc2ccc(Cl)c(F)c2)CC1)c1cn(C2CCCC2)c2cc(Cl)c(F)cc2c1=O. The van der Waals surface area contributed by atoms with Gasteiger partial charge in [0.1, 0.15) is 35.7 Å². The highest BCUT2D eigenvalue weighted by Gasteiger charge is 2.26. The number of halogens is 4. The molecule has 7 nitrogen and oxygen atoms in total. The maximum Gasteiger partial charge on any atom is 0.256 e. The highest BCUT2D eigenvalue weighted by molar-refractivity contribution is 6.31. The van der Waals surface area contributed by atoms with Crippen molar-refractivity contribution in [3.05, 3.63) is 74.0 Å². The number of pyridine rings is 1. The zero-order valence-corrected chi connectivity index (χ0v) is 23.4. The fourth-order valence-electron chi connectivity index (χ4n) is 5.62. The van der Waals surface area contributed by atoms with Crippen LogP contribution in [0, 0.1) is 11.6 Å². The van der Waals surface area contributed by atoms with Crippen LogP contribution in [0.3, 0.4) is 0 Å². The van der Waals surface area contributed by atoms with Gasteiger partial charge in [-0.3, -0.25) is 9.59 Å². The van der Waals surface area contributed by atoms with Crippen molar-refractivity contribution in [1.29, 1.82) is 0 Å². The molecule has 2 aromatic carbocycles. The molecule has 11 heteroatoms. The molecule has 1 saturated heterocycles. The Balaban J connectivity index is 1.20. The van der Waals surface area contributed by atoms with Gasteiger partial charge in [0.2, 0.25) is 5.43 Å². The van der Waals surface area contributed by atoms with E-state index in [0.29, 0.717) is 38.0 Å². The summed E-state index contributed by atoms with van der Waals surface area (Å²) in [4.78, 5) is 28.6. The number of nitrogens with one attached hydrogen (secondary N) is 1. The van der Waals surface area contributed by atoms with Crippen molar-refractivity contribution in [1.82, 2.24) is 14.8 Å². The summed E-state index contributed by atoms with van der Waals surface area (Å²) in [7, 11) is 0. The van der Waals surface area contributed by atoms with E-state index in [-0.39, 0.29) is 45.4 Å². The second-order valence-electron chi connectivity index (χ2n) is 10.6. The molecule has 2 fully saturated rings. The van der Waals surface area contributed by atoms with Crippen LogP contribution in [0.4, 0.5) is 8.78 Å². The number of piperidine rings is 1. The van der Waals surface area contributed by atoms with Crippen molar-refractivity contribution in [2.24, 2.45) is 0 Å². The second-order valence-corrected chi connectivity index (χ2v) is 11.4. The van der Waals surface area contributed by atoms with Crippen LogP contribution in [0.1, 0.15) is 54.9 Å². The highest BCUT2D eigenvalue weighted by Crippen LogP contribution is 2.33. The molecule has 0 spiro atoms. The van der Waals surface area contributed by atoms with Crippen molar-refractivity contribution >= 4 is 40.0 Å². The minimum Gasteiger partial charge on any atom is -0.491 e. The molecule has 1 atom stereocenters. The number of carbonyl (C=O) groups excluding carboxylic acids is 1. The Hall–Kier alpha value is -2.72. The number of benzene rings is 2. The number of hydrogen-bond donors (Lipinski definition) is 2. The highest BCUT2D eigenvalue weighted by atomic mass is 35.5. The van der Waals surface area contributed by atoms with Gasteiger partial charge in [-0.15, -0.1) is 0 Å². The summed E-state index contributed by atoms with van der Waals surface area (Å²) in [5, 5.41) is 13.5. The van der Waals surface area contributed by atoms with Crippen molar-refractivity contribution in [2.45, 2.75) is 56.7 Å². The first-order valence-corrected chi connectivity index (χ1v) is 14.3. The summed E-state index contributed by atoms with van der Waals surface area (Å²) >= 11 is 11.7. The maximum atomic E-state index is 14.3. The maximum absolute atomic E-state index is 14.3. The minimum absolute atomic E-state index is 0.00121. The lowest BCUT2D eigenvalue weighted by Crippen LogP contribution is -2.47. The number of aliphatic hydroxyl groups is 1. The first-order valence-electron chi connectivity index (χ1n) is 13.5. The third kappa shape index (κ3) is 6.43. The lowest BCUT2D eigenvalue weighted by atomic mass is 10.0. The zero-order chi connectivity index (χ0) is 28.4. The van der Waals surface area contributed by atoms with Gasteiger partial charge in [-0.1, -0.05) is 36.0 Å². The third-order valence-corrected chi connectivity index (χ3v) is 8.36. The Kier molecular flexibility index (Phi) is 8.95. The molecular formula is C29H31Cl2F2N3O4. The van der Waals surface area contributed by atoms with Gasteiger partial charge in [0.15, 0.2) is 0 Å². The molecule has 40 heavy (non-hydrogen) atoms. The Morgan fingerprint density at radius 1 is 1.05 bits per heavy atom. The van der Waals surface area contributed by atoms with E-state index in [1.54, 1.807) is 6.20 Å². The van der Waals surface area contributed by atoms with Crippen LogP contribution < -0.4 is 15.5 Å². The lowest BCUT2D eigenvalue weighted by Gasteiger charge is -2.33. The quantitative estimate of drug-likeness (QED) is 0.368. The normalized spacial score (nSPS) is 17.8. The van der Waals surface area contributed by atoms with Crippen molar-refractivity contribution in [2.75, 3.05) is 26.2 Å². The molecular weight excluding hydrogens is 563 g/mol. The van der Waals surface area contributed by atoms with E-state index in [0.717, 1.165) is 31.7 Å². The number of amides is 1. The molecule has 1 aliphatic carbocycles. The molecule has 0 radical (unpaired) electrons. The number of ether oxygens (including phenoxy) is 1. The zero-order valence-electron chi connectivity index (χ0n) is 21.8. The predicted octanol–water partition coefficient (Wildman–Crippen LogP) is 5.34. The van der Waals surface area contributed by atoms with Gasteiger partial charge >= 0.3 is 0 Å². The standard InChI is InChI=1S/C29H31Cl2F2N3O4/c30-23-6-5-20(11-25(23)32)40-16-19(37)14-35-9-7-17(8-10-35)34-29(39)22-15-36(18-3-1-2-4-18)27-13-24(31)26(33)12-21(27)28(22)38/h5-6,11-13,15,17-19,37H,1-4,7-10,14,16H2,(H,34,39). The molecule has 1 saturated carbocycles. The van der Waals surface area contributed by atoms with Crippen LogP contribution in [-0.2, 0) is 0 Å². The summed E-state index contributed by atoms with van der Waals surface area (Å²) in [6.07, 6.45) is 6.02. The van der Waals surface area contributed by atoms with E-state index in [4.69, 9.17) is 27.9 Å². The van der Waals surface area contributed by atoms with Gasteiger partial charge in [-0.25, -0.2) is 8.78 Å². The molecule has 2 aliphatic rings. The number of carbonyl (C=O) groups is 1. The van der Waals surface area contributed by atoms with Gasteiger partial charge in [0.25, 0.3) is 5.91 Å². The van der Waals surface area contributed by atoms with Gasteiger partial charge < -0.3 is 24.6 Å². The average Bonchev–Trinajstić information content (AvgIpc) is 3.47. The number of likely N-dealkylation sites (tertiary alicyclic amines) is 1. The van der Waals surface area contributed by atoms with E-state index < -0.39 is 29.1 Å². The molecule has 1 aromatic heterocycles. The molecule has 1 aliphatic heterocycles. The van der Waals surface area contributed by atoms with E-state index in [2.05, 4.69) is 10.2 Å². The van der Waals surface area contributed by atoms with Crippen LogP contribution >= 0.6 is 23.2 Å². The molecule has 214 valence electrons. The Bertz CT molecular complexity index is 1450. The number of β-amino-alcohol motifs (C(OH)–C–C–N with tert-alkyl or cyclic N) is 1. The minimum atomic E-state index is -0.787. The molecule has 3 aromatic rings. The molecule has 2 heterocycles. The van der Waals surface area contributed by atoms with Crippen molar-refractivity contribution in [3.8, 4) is 5.75 Å². The first-order chi connectivity index (χ1) is 19.2. The van der Waals surface area contributed by atoms with Gasteiger partial charge in [0.05, 0.1) is 15.6 Å². The van der Waals surface area contributed by atoms with Crippen LogP contribution in [0.5, 0.6) is 5.75 Å². The van der Waals surface area contributed by atoms with E-state index >= 15 is 0 Å². The molecule has 5 rings (SSSR count). The summed E-state index contributed by atoms with van der Waals surface area (Å²) in [5.74, 6) is -1.47. The number of nitrogens with zero attached hydrogens (tertiary/aromatic N) is 2. The lowest BCUT2D eigenvalue weighted by molar-refractivity contribution is 0.0567. The Morgan fingerprint density at radius 2 is 1.75 bits per heavy atom. The number of rotatable bonds is 8. The summed E-state index contributed by atoms with van der Waals surface area (Å²) in [5.41, 5.74) is 0.0186. The smallest absolute Gasteiger partial charge is 0.256 e. The average molecular weight is 594 g/mol. The van der Waals surface area contributed by atoms with Crippen LogP contribution in [-0.4, -0.2) is 58.9 Å². The largest absolute Gasteiger partial charge is 0.491 e. The second kappa shape index (κ2) is 12.4. The van der Waals surface area contributed by atoms with E-state index in [1.807, 2.05) is 4.57 Å². The topological polar surface area (TPSA) is 83.8 Å². The number of fused-ring (bicyclic) bond motifs is 1. The molecule has 1 amide bonds. The van der Waals surface area contributed by atoms with Crippen LogP contribution in [0.25, 0.3) is 10.9 Å². The molecule has 1 unspecified atom stereocenters. The van der Waals surface area contributed by atoms with Gasteiger partial charge in [0, 0.05) is 49.4 Å². The number of hydrogen-bond acceptors (Lipinski definition) is 5. The Labute approximate surface area is 240 Å². The van der Waals surface area contributed by atoms with E-state index in [9.17, 15) is 23.5 Å². The van der Waals surface area contributed by atoms with Gasteiger partial charge in [-0.05, 0) is 49.9 Å². The monoisotopic (exact) mass is 593 g/mol. The van der Waals surface area contributed by atoms with Crippen molar-refractivity contribution < 1.29 is 23.4 Å². The Morgan fingerprint density at radius 3 is 2.45 bits per heavy atom. The number of aromatic nitrogens is 1. The van der Waals surface area contributed by atoms with Crippen molar-refractivity contribution in [3.63, 3.8) is 0 Å². The fraction of sp³-hybridized carbons (Fsp3) is 0.448. The van der Waals surface area contributed by atoms with Crippen LogP contribution in [0.15, 0.2) is 41.3 Å². The predicted molar refractivity (Wildman–Crippen MR) is 151 cm³/mol. The first kappa shape index (κ1) is 28.8. The molecule has 2 N–H and O–H groups in total.